The highest BCUT2D eigenvalue weighted by Crippen LogP contribution is 2.18. The summed E-state index contributed by atoms with van der Waals surface area (Å²) in [6.45, 7) is 3.78. The van der Waals surface area contributed by atoms with E-state index in [4.69, 9.17) is 4.74 Å². The van der Waals surface area contributed by atoms with Gasteiger partial charge in [-0.25, -0.2) is 4.79 Å². The van der Waals surface area contributed by atoms with Gasteiger partial charge in [-0.3, -0.25) is 4.79 Å². The average molecular weight is 203 g/mol. The summed E-state index contributed by atoms with van der Waals surface area (Å²) in [6.07, 6.45) is 2.76. The van der Waals surface area contributed by atoms with Gasteiger partial charge in [-0.15, -0.1) is 4.99 Å². The van der Waals surface area contributed by atoms with Crippen LogP contribution in [0.2, 0.25) is 0 Å². The first-order chi connectivity index (χ1) is 7.29. The highest BCUT2D eigenvalue weighted by atomic mass is 16.5. The lowest BCUT2D eigenvalue weighted by atomic mass is 10.2. The molecule has 0 aliphatic heterocycles. The zero-order valence-electron chi connectivity index (χ0n) is 7.97. The molecule has 0 aliphatic rings. The third-order valence-corrected chi connectivity index (χ3v) is 1.62. The molecule has 0 spiro atoms. The monoisotopic (exact) mass is 203 g/mol. The van der Waals surface area contributed by atoms with Crippen LogP contribution in [-0.2, 0) is 4.79 Å². The Kier molecular flexibility index (Phi) is 4.01. The molecule has 0 heterocycles. The van der Waals surface area contributed by atoms with E-state index in [2.05, 4.69) is 11.6 Å². The molecule has 0 saturated heterocycles. The molecule has 0 bridgehead atoms. The third-order valence-electron chi connectivity index (χ3n) is 1.62. The first-order valence-corrected chi connectivity index (χ1v) is 4.24. The summed E-state index contributed by atoms with van der Waals surface area (Å²) in [5.74, 6) is -0.286. The largest absolute Gasteiger partial charge is 0.489 e. The lowest BCUT2D eigenvalue weighted by Crippen LogP contribution is -2.01. The number of carbonyl (C=O) groups excluding carboxylic acids is 2. The van der Waals surface area contributed by atoms with E-state index >= 15 is 0 Å². The molecule has 1 rings (SSSR count). The highest BCUT2D eigenvalue weighted by molar-refractivity contribution is 5.99. The lowest BCUT2D eigenvalue weighted by molar-refractivity contribution is 0.0999. The van der Waals surface area contributed by atoms with Gasteiger partial charge < -0.3 is 4.74 Å². The summed E-state index contributed by atoms with van der Waals surface area (Å²) < 4.78 is 5.23. The van der Waals surface area contributed by atoms with Gasteiger partial charge in [-0.05, 0) is 12.1 Å². The molecule has 0 fully saturated rings. The van der Waals surface area contributed by atoms with Crippen molar-refractivity contribution in [2.45, 2.75) is 0 Å². The molecule has 76 valence electrons. The van der Waals surface area contributed by atoms with Crippen molar-refractivity contribution in [3.8, 4) is 5.75 Å². The number of nitrogens with zero attached hydrogens (tertiary/aromatic N) is 1. The Balaban J connectivity index is 2.99. The van der Waals surface area contributed by atoms with Crippen molar-refractivity contribution in [3.05, 3.63) is 42.5 Å². The van der Waals surface area contributed by atoms with Gasteiger partial charge >= 0.3 is 0 Å². The molecule has 0 atom stereocenters. The first kappa shape index (κ1) is 10.9. The van der Waals surface area contributed by atoms with Crippen LogP contribution in [0.4, 0.5) is 0 Å². The van der Waals surface area contributed by atoms with E-state index in [9.17, 15) is 9.59 Å². The van der Waals surface area contributed by atoms with Gasteiger partial charge in [0, 0.05) is 0 Å². The summed E-state index contributed by atoms with van der Waals surface area (Å²) in [5.41, 5.74) is 0.239. The van der Waals surface area contributed by atoms with E-state index in [1.807, 2.05) is 0 Å². The predicted octanol–water partition coefficient (Wildman–Crippen LogP) is 1.73. The third kappa shape index (κ3) is 2.90. The molecule has 0 aromatic heterocycles. The maximum atomic E-state index is 11.3. The Labute approximate surface area is 86.9 Å². The Morgan fingerprint density at radius 1 is 1.53 bits per heavy atom. The number of isocyanates is 1. The zero-order valence-corrected chi connectivity index (χ0v) is 7.97. The van der Waals surface area contributed by atoms with E-state index in [1.54, 1.807) is 24.3 Å². The zero-order chi connectivity index (χ0) is 11.1. The maximum Gasteiger partial charge on any atom is 0.291 e. The topological polar surface area (TPSA) is 55.7 Å². The molecular weight excluding hydrogens is 194 g/mol. The second-order valence-electron chi connectivity index (χ2n) is 2.60. The van der Waals surface area contributed by atoms with E-state index in [0.717, 1.165) is 0 Å². The van der Waals surface area contributed by atoms with Crippen LogP contribution in [0.1, 0.15) is 10.4 Å². The molecule has 0 aliphatic carbocycles. The summed E-state index contributed by atoms with van der Waals surface area (Å²) >= 11 is 0. The van der Waals surface area contributed by atoms with Crippen molar-refractivity contribution in [3.63, 3.8) is 0 Å². The standard InChI is InChI=1S/C11H9NO3/c1-2-7-15-10-6-4-3-5-9(10)11(14)12-8-13/h2-6H,1,7H2. The highest BCUT2D eigenvalue weighted by Gasteiger charge is 2.10. The van der Waals surface area contributed by atoms with Gasteiger partial charge in [0.2, 0.25) is 6.08 Å². The second kappa shape index (κ2) is 5.52. The van der Waals surface area contributed by atoms with E-state index in [-0.39, 0.29) is 12.2 Å². The Hall–Kier alpha value is -2.19. The minimum atomic E-state index is -0.662. The predicted molar refractivity (Wildman–Crippen MR) is 54.6 cm³/mol. The van der Waals surface area contributed by atoms with Gasteiger partial charge in [0.15, 0.2) is 0 Å². The van der Waals surface area contributed by atoms with Gasteiger partial charge in [0.25, 0.3) is 5.91 Å². The molecule has 0 radical (unpaired) electrons. The number of para-hydroxylation sites is 1. The van der Waals surface area contributed by atoms with E-state index < -0.39 is 5.91 Å². The summed E-state index contributed by atoms with van der Waals surface area (Å²) in [5, 5.41) is 0. The average Bonchev–Trinajstić information content (AvgIpc) is 2.27. The van der Waals surface area contributed by atoms with Crippen molar-refractivity contribution in [1.82, 2.24) is 0 Å². The van der Waals surface area contributed by atoms with Crippen LogP contribution in [-0.4, -0.2) is 18.6 Å². The molecule has 0 saturated carbocycles. The van der Waals surface area contributed by atoms with Crippen molar-refractivity contribution in [1.29, 1.82) is 0 Å². The van der Waals surface area contributed by atoms with Crippen molar-refractivity contribution in [2.75, 3.05) is 6.61 Å². The van der Waals surface area contributed by atoms with Crippen LogP contribution in [0.5, 0.6) is 5.75 Å². The van der Waals surface area contributed by atoms with Crippen LogP contribution >= 0.6 is 0 Å². The van der Waals surface area contributed by atoms with Gasteiger partial charge in [0.05, 0.1) is 5.56 Å². The van der Waals surface area contributed by atoms with Crippen LogP contribution in [0.25, 0.3) is 0 Å². The summed E-state index contributed by atoms with van der Waals surface area (Å²) in [4.78, 5) is 24.3. The van der Waals surface area contributed by atoms with Crippen LogP contribution in [0.15, 0.2) is 41.9 Å². The normalized spacial score (nSPS) is 8.80. The molecule has 1 aromatic rings. The first-order valence-electron chi connectivity index (χ1n) is 4.24. The summed E-state index contributed by atoms with van der Waals surface area (Å²) in [6, 6.07) is 6.53. The fourth-order valence-electron chi connectivity index (χ4n) is 1.02. The number of hydrogen-bond donors (Lipinski definition) is 0. The smallest absolute Gasteiger partial charge is 0.291 e. The van der Waals surface area contributed by atoms with E-state index in [0.29, 0.717) is 5.75 Å². The molecule has 4 heteroatoms. The minimum absolute atomic E-state index is 0.239. The molecule has 1 amide bonds. The van der Waals surface area contributed by atoms with Gasteiger partial charge in [-0.1, -0.05) is 24.8 Å². The number of amides is 1. The Morgan fingerprint density at radius 3 is 2.93 bits per heavy atom. The van der Waals surface area contributed by atoms with Crippen LogP contribution in [0, 0.1) is 0 Å². The molecule has 0 unspecified atom stereocenters. The number of aliphatic imine (C=N–C) groups is 1. The van der Waals surface area contributed by atoms with Gasteiger partial charge in [0.1, 0.15) is 12.4 Å². The van der Waals surface area contributed by atoms with E-state index in [1.165, 1.54) is 12.1 Å². The number of ether oxygens (including phenoxy) is 1. The van der Waals surface area contributed by atoms with Crippen LogP contribution < -0.4 is 4.74 Å². The lowest BCUT2D eigenvalue weighted by Gasteiger charge is -2.05. The maximum absolute atomic E-state index is 11.3. The Morgan fingerprint density at radius 2 is 2.27 bits per heavy atom. The molecule has 15 heavy (non-hydrogen) atoms. The van der Waals surface area contributed by atoms with Crippen molar-refractivity contribution >= 4 is 12.0 Å². The fraction of sp³-hybridized carbons (Fsp3) is 0.0909. The molecule has 0 N–H and O–H groups in total. The number of benzene rings is 1. The number of rotatable bonds is 4. The SMILES string of the molecule is C=CCOc1ccccc1C(=O)N=C=O. The Bertz CT molecular complexity index is 420. The summed E-state index contributed by atoms with van der Waals surface area (Å²) in [7, 11) is 0. The number of carbonyl (C=O) groups is 1. The van der Waals surface area contributed by atoms with Crippen molar-refractivity contribution < 1.29 is 14.3 Å². The van der Waals surface area contributed by atoms with Crippen LogP contribution in [0.3, 0.4) is 0 Å². The molecule has 4 nitrogen and oxygen atoms in total. The fourth-order valence-corrected chi connectivity index (χ4v) is 1.02. The van der Waals surface area contributed by atoms with Crippen molar-refractivity contribution in [2.24, 2.45) is 4.99 Å². The molecular formula is C11H9NO3. The second-order valence-corrected chi connectivity index (χ2v) is 2.60. The molecule has 1 aromatic carbocycles. The quantitative estimate of drug-likeness (QED) is 0.425. The number of hydrogen-bond acceptors (Lipinski definition) is 3. The van der Waals surface area contributed by atoms with Gasteiger partial charge in [-0.2, -0.15) is 0 Å². The minimum Gasteiger partial charge on any atom is -0.489 e.